The minimum absolute atomic E-state index is 0.539. The molecule has 90 valence electrons. The molecule has 0 radical (unpaired) electrons. The van der Waals surface area contributed by atoms with E-state index in [9.17, 15) is 0 Å². The summed E-state index contributed by atoms with van der Waals surface area (Å²) in [6.45, 7) is 13.1. The first-order valence-corrected chi connectivity index (χ1v) is 6.78. The molecule has 1 saturated heterocycles. The molecule has 0 aliphatic carbocycles. The van der Waals surface area contributed by atoms with E-state index in [0.29, 0.717) is 5.54 Å². The lowest BCUT2D eigenvalue weighted by atomic mass is 9.82. The van der Waals surface area contributed by atoms with Crippen LogP contribution in [0.25, 0.3) is 0 Å². The normalized spacial score (nSPS) is 28.2. The molecular weight excluding hydrogens is 182 g/mol. The molecule has 0 aromatic rings. The first-order valence-electron chi connectivity index (χ1n) is 6.78. The van der Waals surface area contributed by atoms with Crippen LogP contribution in [0, 0.1) is 5.92 Å². The van der Waals surface area contributed by atoms with E-state index >= 15 is 0 Å². The van der Waals surface area contributed by atoms with Crippen LogP contribution in [0.4, 0.5) is 0 Å². The Balaban J connectivity index is 2.77. The molecule has 1 fully saturated rings. The third-order valence-electron chi connectivity index (χ3n) is 3.78. The van der Waals surface area contributed by atoms with Gasteiger partial charge in [-0.25, -0.2) is 0 Å². The molecule has 1 aliphatic rings. The van der Waals surface area contributed by atoms with Gasteiger partial charge < -0.3 is 0 Å². The summed E-state index contributed by atoms with van der Waals surface area (Å²) < 4.78 is 0. The van der Waals surface area contributed by atoms with E-state index in [1.54, 1.807) is 0 Å². The van der Waals surface area contributed by atoms with Crippen molar-refractivity contribution in [1.82, 2.24) is 4.90 Å². The molecule has 0 aromatic carbocycles. The van der Waals surface area contributed by atoms with Gasteiger partial charge in [0.15, 0.2) is 0 Å². The van der Waals surface area contributed by atoms with Crippen LogP contribution in [0.5, 0.6) is 0 Å². The summed E-state index contributed by atoms with van der Waals surface area (Å²) in [6, 6.07) is 0.720. The van der Waals surface area contributed by atoms with Crippen LogP contribution >= 0.6 is 0 Å². The van der Waals surface area contributed by atoms with Gasteiger partial charge in [-0.3, -0.25) is 4.90 Å². The Morgan fingerprint density at radius 2 is 1.87 bits per heavy atom. The minimum atomic E-state index is 0.539. The van der Waals surface area contributed by atoms with Crippen molar-refractivity contribution < 1.29 is 0 Å². The molecular formula is C14H29N. The number of hydrogen-bond donors (Lipinski definition) is 0. The third-order valence-corrected chi connectivity index (χ3v) is 3.78. The Morgan fingerprint density at radius 3 is 2.33 bits per heavy atom. The molecule has 0 aromatic heterocycles. The summed E-state index contributed by atoms with van der Waals surface area (Å²) >= 11 is 0. The lowest BCUT2D eigenvalue weighted by Crippen LogP contribution is -2.48. The largest absolute Gasteiger partial charge is 0.295 e. The summed E-state index contributed by atoms with van der Waals surface area (Å²) in [7, 11) is 0. The molecule has 15 heavy (non-hydrogen) atoms. The topological polar surface area (TPSA) is 3.24 Å². The Labute approximate surface area is 96.2 Å². The predicted octanol–water partition coefficient (Wildman–Crippen LogP) is 4.08. The fraction of sp³-hybridized carbons (Fsp3) is 1.00. The first-order chi connectivity index (χ1) is 7.02. The second-order valence-corrected chi connectivity index (χ2v) is 5.96. The molecule has 1 rings (SSSR count). The fourth-order valence-corrected chi connectivity index (χ4v) is 3.58. The maximum atomic E-state index is 2.77. The Bertz CT molecular complexity index is 186. The highest BCUT2D eigenvalue weighted by atomic mass is 15.2. The highest BCUT2D eigenvalue weighted by Crippen LogP contribution is 2.39. The molecule has 1 aliphatic heterocycles. The van der Waals surface area contributed by atoms with E-state index in [1.807, 2.05) is 0 Å². The number of likely N-dealkylation sites (tertiary alicyclic amines) is 1. The van der Waals surface area contributed by atoms with Crippen molar-refractivity contribution in [2.75, 3.05) is 6.54 Å². The Morgan fingerprint density at radius 1 is 1.20 bits per heavy atom. The number of rotatable bonds is 5. The predicted molar refractivity (Wildman–Crippen MR) is 68.2 cm³/mol. The van der Waals surface area contributed by atoms with E-state index < -0.39 is 0 Å². The second-order valence-electron chi connectivity index (χ2n) is 5.96. The Hall–Kier alpha value is -0.0400. The van der Waals surface area contributed by atoms with Crippen molar-refractivity contribution in [2.45, 2.75) is 78.3 Å². The molecule has 0 amide bonds. The van der Waals surface area contributed by atoms with E-state index in [4.69, 9.17) is 0 Å². The van der Waals surface area contributed by atoms with Gasteiger partial charge in [-0.15, -0.1) is 0 Å². The molecule has 0 saturated carbocycles. The van der Waals surface area contributed by atoms with Gasteiger partial charge in [-0.1, -0.05) is 27.2 Å². The third kappa shape index (κ3) is 2.96. The van der Waals surface area contributed by atoms with Crippen molar-refractivity contribution in [1.29, 1.82) is 0 Å². The van der Waals surface area contributed by atoms with Crippen LogP contribution in [-0.2, 0) is 0 Å². The first kappa shape index (κ1) is 13.0. The second kappa shape index (κ2) is 5.34. The molecule has 1 atom stereocenters. The van der Waals surface area contributed by atoms with Gasteiger partial charge in [0.1, 0.15) is 0 Å². The summed E-state index contributed by atoms with van der Waals surface area (Å²) in [5.74, 6) is 0.830. The summed E-state index contributed by atoms with van der Waals surface area (Å²) in [5, 5.41) is 0. The molecule has 0 bridgehead atoms. The van der Waals surface area contributed by atoms with Crippen LogP contribution in [-0.4, -0.2) is 23.0 Å². The van der Waals surface area contributed by atoms with E-state index in [-0.39, 0.29) is 0 Å². The summed E-state index contributed by atoms with van der Waals surface area (Å²) in [4.78, 5) is 2.77. The summed E-state index contributed by atoms with van der Waals surface area (Å²) in [6.07, 6.45) is 6.94. The molecule has 0 N–H and O–H groups in total. The lowest BCUT2D eigenvalue weighted by Gasteiger charge is -2.42. The zero-order valence-electron chi connectivity index (χ0n) is 11.3. The zero-order valence-corrected chi connectivity index (χ0v) is 11.3. The average Bonchev–Trinajstić information content (AvgIpc) is 2.47. The van der Waals surface area contributed by atoms with E-state index in [2.05, 4.69) is 39.5 Å². The maximum absolute atomic E-state index is 2.77. The molecule has 0 spiro atoms. The smallest absolute Gasteiger partial charge is 0.0215 e. The molecule has 1 heterocycles. The lowest BCUT2D eigenvalue weighted by molar-refractivity contribution is 0.0715. The van der Waals surface area contributed by atoms with Gasteiger partial charge in [0.25, 0.3) is 0 Å². The molecule has 1 nitrogen and oxygen atoms in total. The number of hydrogen-bond acceptors (Lipinski definition) is 1. The van der Waals surface area contributed by atoms with Crippen molar-refractivity contribution in [3.63, 3.8) is 0 Å². The SMILES string of the molecule is CCCC1(CC(C)C)CCCN1C(C)C. The van der Waals surface area contributed by atoms with Gasteiger partial charge in [-0.2, -0.15) is 0 Å². The van der Waals surface area contributed by atoms with Crippen molar-refractivity contribution >= 4 is 0 Å². The van der Waals surface area contributed by atoms with Gasteiger partial charge in [0, 0.05) is 11.6 Å². The molecule has 1 unspecified atom stereocenters. The van der Waals surface area contributed by atoms with Gasteiger partial charge >= 0.3 is 0 Å². The molecule has 1 heteroatoms. The average molecular weight is 211 g/mol. The van der Waals surface area contributed by atoms with Gasteiger partial charge in [0.2, 0.25) is 0 Å². The highest BCUT2D eigenvalue weighted by molar-refractivity contribution is 4.97. The maximum Gasteiger partial charge on any atom is 0.0215 e. The zero-order chi connectivity index (χ0) is 11.5. The van der Waals surface area contributed by atoms with Crippen LogP contribution in [0.2, 0.25) is 0 Å². The van der Waals surface area contributed by atoms with Gasteiger partial charge in [0.05, 0.1) is 0 Å². The standard InChI is InChI=1S/C14H29N/c1-6-8-14(11-12(2)3)9-7-10-15(14)13(4)5/h12-13H,6-11H2,1-5H3. The summed E-state index contributed by atoms with van der Waals surface area (Å²) in [5.41, 5.74) is 0.539. The highest BCUT2D eigenvalue weighted by Gasteiger charge is 2.41. The van der Waals surface area contributed by atoms with Crippen molar-refractivity contribution in [2.24, 2.45) is 5.92 Å². The Kier molecular flexibility index (Phi) is 4.64. The van der Waals surface area contributed by atoms with Crippen LogP contribution < -0.4 is 0 Å². The van der Waals surface area contributed by atoms with Crippen molar-refractivity contribution in [3.05, 3.63) is 0 Å². The monoisotopic (exact) mass is 211 g/mol. The van der Waals surface area contributed by atoms with Crippen LogP contribution in [0.1, 0.15) is 66.7 Å². The fourth-order valence-electron chi connectivity index (χ4n) is 3.58. The van der Waals surface area contributed by atoms with Gasteiger partial charge in [-0.05, 0) is 52.0 Å². The minimum Gasteiger partial charge on any atom is -0.295 e. The van der Waals surface area contributed by atoms with Crippen LogP contribution in [0.3, 0.4) is 0 Å². The van der Waals surface area contributed by atoms with E-state index in [1.165, 1.54) is 38.6 Å². The van der Waals surface area contributed by atoms with Crippen LogP contribution in [0.15, 0.2) is 0 Å². The van der Waals surface area contributed by atoms with Crippen molar-refractivity contribution in [3.8, 4) is 0 Å². The van der Waals surface area contributed by atoms with E-state index in [0.717, 1.165) is 12.0 Å². The number of nitrogens with zero attached hydrogens (tertiary/aromatic N) is 1. The quantitative estimate of drug-likeness (QED) is 0.662.